The molecule has 0 heterocycles. The standard InChI is InChI=1S/C12H20O3/c1-4-5-6-7-11(9-13)8-12(14)15-10(2)3/h8-10H,4-7H2,1-3H3/b11-8+. The van der Waals surface area contributed by atoms with Crippen molar-refractivity contribution >= 4 is 12.3 Å². The van der Waals surface area contributed by atoms with E-state index in [4.69, 9.17) is 4.74 Å². The van der Waals surface area contributed by atoms with Gasteiger partial charge in [-0.25, -0.2) is 4.79 Å². The van der Waals surface area contributed by atoms with Crippen molar-refractivity contribution in [3.63, 3.8) is 0 Å². The predicted molar refractivity (Wildman–Crippen MR) is 59.5 cm³/mol. The predicted octanol–water partition coefficient (Wildman–Crippen LogP) is 2.64. The molecule has 0 aliphatic rings. The Balaban J connectivity index is 4.08. The third-order valence-corrected chi connectivity index (χ3v) is 1.88. The van der Waals surface area contributed by atoms with E-state index < -0.39 is 5.97 Å². The van der Waals surface area contributed by atoms with E-state index in [-0.39, 0.29) is 6.10 Å². The Kier molecular flexibility index (Phi) is 7.60. The van der Waals surface area contributed by atoms with Gasteiger partial charge in [0.25, 0.3) is 0 Å². The van der Waals surface area contributed by atoms with Gasteiger partial charge in [-0.05, 0) is 32.3 Å². The third kappa shape index (κ3) is 7.91. The zero-order chi connectivity index (χ0) is 11.7. The Labute approximate surface area is 91.5 Å². The molecule has 0 N–H and O–H groups in total. The van der Waals surface area contributed by atoms with E-state index >= 15 is 0 Å². The van der Waals surface area contributed by atoms with Gasteiger partial charge in [0.15, 0.2) is 0 Å². The van der Waals surface area contributed by atoms with Crippen LogP contribution in [0.2, 0.25) is 0 Å². The molecule has 0 fully saturated rings. The van der Waals surface area contributed by atoms with E-state index in [1.165, 1.54) is 6.08 Å². The van der Waals surface area contributed by atoms with Gasteiger partial charge >= 0.3 is 5.97 Å². The van der Waals surface area contributed by atoms with Crippen molar-refractivity contribution in [3.8, 4) is 0 Å². The molecule has 0 aromatic rings. The number of aldehydes is 1. The van der Waals surface area contributed by atoms with Crippen LogP contribution < -0.4 is 0 Å². The molecule has 0 saturated heterocycles. The number of allylic oxidation sites excluding steroid dienone is 1. The number of carbonyl (C=O) groups excluding carboxylic acids is 2. The van der Waals surface area contributed by atoms with Crippen LogP contribution in [-0.2, 0) is 14.3 Å². The summed E-state index contributed by atoms with van der Waals surface area (Å²) < 4.78 is 4.91. The lowest BCUT2D eigenvalue weighted by Gasteiger charge is -2.05. The fourth-order valence-corrected chi connectivity index (χ4v) is 1.16. The molecule has 0 atom stereocenters. The minimum Gasteiger partial charge on any atom is -0.460 e. The summed E-state index contributed by atoms with van der Waals surface area (Å²) in [6.07, 6.45) is 5.66. The number of hydrogen-bond donors (Lipinski definition) is 0. The summed E-state index contributed by atoms with van der Waals surface area (Å²) >= 11 is 0. The second-order valence-electron chi connectivity index (χ2n) is 3.78. The number of hydrogen-bond acceptors (Lipinski definition) is 3. The van der Waals surface area contributed by atoms with E-state index in [2.05, 4.69) is 6.92 Å². The fourth-order valence-electron chi connectivity index (χ4n) is 1.16. The van der Waals surface area contributed by atoms with Crippen LogP contribution in [0.25, 0.3) is 0 Å². The summed E-state index contributed by atoms with van der Waals surface area (Å²) in [4.78, 5) is 21.8. The zero-order valence-electron chi connectivity index (χ0n) is 9.79. The summed E-state index contributed by atoms with van der Waals surface area (Å²) in [7, 11) is 0. The minimum absolute atomic E-state index is 0.141. The molecular weight excluding hydrogens is 192 g/mol. The summed E-state index contributed by atoms with van der Waals surface area (Å²) in [5.41, 5.74) is 0.522. The van der Waals surface area contributed by atoms with Crippen molar-refractivity contribution in [3.05, 3.63) is 11.6 Å². The molecule has 0 rings (SSSR count). The molecule has 0 aromatic heterocycles. The highest BCUT2D eigenvalue weighted by Crippen LogP contribution is 2.07. The summed E-state index contributed by atoms with van der Waals surface area (Å²) in [6, 6.07) is 0. The zero-order valence-corrected chi connectivity index (χ0v) is 9.79. The molecule has 86 valence electrons. The van der Waals surface area contributed by atoms with Crippen LogP contribution in [0, 0.1) is 0 Å². The van der Waals surface area contributed by atoms with Crippen LogP contribution >= 0.6 is 0 Å². The summed E-state index contributed by atoms with van der Waals surface area (Å²) in [5.74, 6) is -0.427. The smallest absolute Gasteiger partial charge is 0.331 e. The van der Waals surface area contributed by atoms with E-state index in [9.17, 15) is 9.59 Å². The van der Waals surface area contributed by atoms with Crippen LogP contribution in [0.3, 0.4) is 0 Å². The Morgan fingerprint density at radius 3 is 2.47 bits per heavy atom. The van der Waals surface area contributed by atoms with Gasteiger partial charge in [-0.1, -0.05) is 19.8 Å². The molecule has 0 aliphatic carbocycles. The Hall–Kier alpha value is -1.12. The van der Waals surface area contributed by atoms with Gasteiger partial charge in [-0.3, -0.25) is 4.79 Å². The van der Waals surface area contributed by atoms with E-state index in [1.807, 2.05) is 0 Å². The van der Waals surface area contributed by atoms with Crippen LogP contribution in [0.15, 0.2) is 11.6 Å². The molecule has 0 unspecified atom stereocenters. The molecule has 3 heteroatoms. The fraction of sp³-hybridized carbons (Fsp3) is 0.667. The van der Waals surface area contributed by atoms with Gasteiger partial charge in [-0.15, -0.1) is 0 Å². The summed E-state index contributed by atoms with van der Waals surface area (Å²) in [5, 5.41) is 0. The van der Waals surface area contributed by atoms with E-state index in [1.54, 1.807) is 13.8 Å². The second-order valence-corrected chi connectivity index (χ2v) is 3.78. The van der Waals surface area contributed by atoms with Crippen molar-refractivity contribution in [2.75, 3.05) is 0 Å². The van der Waals surface area contributed by atoms with Gasteiger partial charge in [-0.2, -0.15) is 0 Å². The normalized spacial score (nSPS) is 11.6. The number of esters is 1. The first kappa shape index (κ1) is 13.9. The van der Waals surface area contributed by atoms with Crippen molar-refractivity contribution in [2.45, 2.75) is 52.6 Å². The molecule has 0 saturated carbocycles. The number of ether oxygens (including phenoxy) is 1. The molecule has 0 amide bonds. The molecule has 15 heavy (non-hydrogen) atoms. The molecule has 0 spiro atoms. The maximum atomic E-state index is 11.2. The van der Waals surface area contributed by atoms with Crippen LogP contribution in [0.1, 0.15) is 46.5 Å². The van der Waals surface area contributed by atoms with Crippen molar-refractivity contribution in [1.29, 1.82) is 0 Å². The first-order valence-electron chi connectivity index (χ1n) is 5.46. The topological polar surface area (TPSA) is 43.4 Å². The first-order chi connectivity index (χ1) is 7.10. The average Bonchev–Trinajstić information content (AvgIpc) is 2.15. The van der Waals surface area contributed by atoms with Crippen molar-refractivity contribution in [1.82, 2.24) is 0 Å². The van der Waals surface area contributed by atoms with E-state index in [0.29, 0.717) is 12.0 Å². The molecule has 3 nitrogen and oxygen atoms in total. The quantitative estimate of drug-likeness (QED) is 0.282. The Morgan fingerprint density at radius 1 is 1.33 bits per heavy atom. The number of carbonyl (C=O) groups is 2. The maximum absolute atomic E-state index is 11.2. The van der Waals surface area contributed by atoms with Crippen molar-refractivity contribution in [2.24, 2.45) is 0 Å². The minimum atomic E-state index is -0.427. The van der Waals surface area contributed by atoms with Gasteiger partial charge in [0.2, 0.25) is 0 Å². The Bertz CT molecular complexity index is 229. The number of unbranched alkanes of at least 4 members (excludes halogenated alkanes) is 2. The second kappa shape index (κ2) is 8.21. The lowest BCUT2D eigenvalue weighted by atomic mass is 10.1. The van der Waals surface area contributed by atoms with Crippen LogP contribution in [0.4, 0.5) is 0 Å². The first-order valence-corrected chi connectivity index (χ1v) is 5.46. The third-order valence-electron chi connectivity index (χ3n) is 1.88. The van der Waals surface area contributed by atoms with Gasteiger partial charge in [0.05, 0.1) is 6.10 Å². The highest BCUT2D eigenvalue weighted by atomic mass is 16.5. The lowest BCUT2D eigenvalue weighted by Crippen LogP contribution is -2.09. The maximum Gasteiger partial charge on any atom is 0.331 e. The summed E-state index contributed by atoms with van der Waals surface area (Å²) in [6.45, 7) is 5.66. The highest BCUT2D eigenvalue weighted by molar-refractivity contribution is 5.89. The Morgan fingerprint density at radius 2 is 2.00 bits per heavy atom. The van der Waals surface area contributed by atoms with Gasteiger partial charge < -0.3 is 4.74 Å². The van der Waals surface area contributed by atoms with Crippen LogP contribution in [-0.4, -0.2) is 18.4 Å². The van der Waals surface area contributed by atoms with Gasteiger partial charge in [0.1, 0.15) is 6.29 Å². The number of rotatable bonds is 7. The largest absolute Gasteiger partial charge is 0.460 e. The molecule has 0 aromatic carbocycles. The molecule has 0 aliphatic heterocycles. The molecule has 0 radical (unpaired) electrons. The molecule has 0 bridgehead atoms. The average molecular weight is 212 g/mol. The SMILES string of the molecule is CCCCC/C(C=O)=C\C(=O)OC(C)C. The van der Waals surface area contributed by atoms with Gasteiger partial charge in [0, 0.05) is 6.08 Å². The lowest BCUT2D eigenvalue weighted by molar-refractivity contribution is -0.141. The monoisotopic (exact) mass is 212 g/mol. The van der Waals surface area contributed by atoms with Crippen molar-refractivity contribution < 1.29 is 14.3 Å². The highest BCUT2D eigenvalue weighted by Gasteiger charge is 2.04. The van der Waals surface area contributed by atoms with E-state index in [0.717, 1.165) is 25.5 Å². The molecular formula is C12H20O3. The van der Waals surface area contributed by atoms with Crippen LogP contribution in [0.5, 0.6) is 0 Å².